The number of ether oxygens (including phenoxy) is 2. The predicted octanol–water partition coefficient (Wildman–Crippen LogP) is 4.50. The van der Waals surface area contributed by atoms with Gasteiger partial charge in [0.05, 0.1) is 26.0 Å². The van der Waals surface area contributed by atoms with Gasteiger partial charge in [0.1, 0.15) is 11.9 Å². The van der Waals surface area contributed by atoms with Gasteiger partial charge < -0.3 is 14.0 Å². The molecule has 7 heteroatoms. The maximum atomic E-state index is 6.04. The third-order valence-corrected chi connectivity index (χ3v) is 5.53. The third-order valence-electron chi connectivity index (χ3n) is 5.53. The molecule has 0 radical (unpaired) electrons. The molecule has 0 spiro atoms. The van der Waals surface area contributed by atoms with Gasteiger partial charge in [-0.1, -0.05) is 29.4 Å². The lowest BCUT2D eigenvalue weighted by molar-refractivity contribution is -0.00115. The van der Waals surface area contributed by atoms with Crippen LogP contribution in [-0.2, 0) is 17.9 Å². The molecule has 2 aromatic heterocycles. The minimum Gasteiger partial charge on any atom is -0.497 e. The molecule has 1 aliphatic rings. The molecule has 2 aromatic carbocycles. The summed E-state index contributed by atoms with van der Waals surface area (Å²) in [6.45, 7) is 5.25. The highest BCUT2D eigenvalue weighted by atomic mass is 16.5. The molecular formula is C23H22N4O3. The number of hydrogen-bond acceptors (Lipinski definition) is 6. The molecule has 0 fully saturated rings. The van der Waals surface area contributed by atoms with Crippen LogP contribution >= 0.6 is 0 Å². The average Bonchev–Trinajstić information content (AvgIpc) is 3.42. The van der Waals surface area contributed by atoms with E-state index in [9.17, 15) is 0 Å². The van der Waals surface area contributed by atoms with E-state index < -0.39 is 0 Å². The van der Waals surface area contributed by atoms with Gasteiger partial charge in [-0.05, 0) is 54.8 Å². The Morgan fingerprint density at radius 2 is 1.87 bits per heavy atom. The Bertz CT molecular complexity index is 1190. The fraction of sp³-hybridized carbons (Fsp3) is 0.261. The average molecular weight is 402 g/mol. The van der Waals surface area contributed by atoms with Crippen LogP contribution in [0.5, 0.6) is 5.75 Å². The molecule has 0 bridgehead atoms. The summed E-state index contributed by atoms with van der Waals surface area (Å²) < 4.78 is 18.7. The van der Waals surface area contributed by atoms with Gasteiger partial charge in [-0.25, -0.2) is 0 Å². The molecular weight excluding hydrogens is 380 g/mol. The van der Waals surface area contributed by atoms with Gasteiger partial charge in [-0.15, -0.1) is 0 Å². The minimum atomic E-state index is -0.0649. The topological polar surface area (TPSA) is 75.2 Å². The Hall–Kier alpha value is -3.45. The summed E-state index contributed by atoms with van der Waals surface area (Å²) in [7, 11) is 1.66. The Kier molecular flexibility index (Phi) is 4.59. The number of methoxy groups -OCH3 is 1. The molecule has 1 atom stereocenters. The number of hydrogen-bond donors (Lipinski definition) is 0. The fourth-order valence-corrected chi connectivity index (χ4v) is 3.58. The van der Waals surface area contributed by atoms with Crippen molar-refractivity contribution in [3.8, 4) is 28.7 Å². The number of fused-ring (bicyclic) bond motifs is 1. The van der Waals surface area contributed by atoms with E-state index in [4.69, 9.17) is 14.0 Å². The second-order valence-electron chi connectivity index (χ2n) is 7.50. The van der Waals surface area contributed by atoms with E-state index in [1.165, 1.54) is 11.1 Å². The second-order valence-corrected chi connectivity index (χ2v) is 7.50. The first kappa shape index (κ1) is 18.6. The largest absolute Gasteiger partial charge is 0.497 e. The van der Waals surface area contributed by atoms with Crippen molar-refractivity contribution < 1.29 is 14.0 Å². The SMILES string of the molecule is COc1ccc(C2Cn3nc(-c4nc(-c5ccc(C)c(C)c5)no4)cc3CO2)cc1. The molecule has 30 heavy (non-hydrogen) atoms. The lowest BCUT2D eigenvalue weighted by Gasteiger charge is -2.24. The van der Waals surface area contributed by atoms with Crippen molar-refractivity contribution in [1.82, 2.24) is 19.9 Å². The highest BCUT2D eigenvalue weighted by molar-refractivity contribution is 5.59. The number of aromatic nitrogens is 4. The molecule has 5 rings (SSSR count). The van der Waals surface area contributed by atoms with Crippen LogP contribution < -0.4 is 4.74 Å². The Labute approximate surface area is 174 Å². The van der Waals surface area contributed by atoms with E-state index in [1.54, 1.807) is 7.11 Å². The minimum absolute atomic E-state index is 0.0649. The van der Waals surface area contributed by atoms with Crippen LogP contribution in [0, 0.1) is 13.8 Å². The fourth-order valence-electron chi connectivity index (χ4n) is 3.58. The van der Waals surface area contributed by atoms with Gasteiger partial charge in [0.15, 0.2) is 5.69 Å². The summed E-state index contributed by atoms with van der Waals surface area (Å²) in [5.41, 5.74) is 6.09. The second kappa shape index (κ2) is 7.42. The summed E-state index contributed by atoms with van der Waals surface area (Å²) in [6.07, 6.45) is -0.0649. The number of benzene rings is 2. The molecule has 0 saturated heterocycles. The molecule has 0 N–H and O–H groups in total. The zero-order valence-corrected chi connectivity index (χ0v) is 17.1. The molecule has 1 aliphatic heterocycles. The van der Waals surface area contributed by atoms with Crippen molar-refractivity contribution >= 4 is 0 Å². The van der Waals surface area contributed by atoms with Gasteiger partial charge in [-0.3, -0.25) is 4.68 Å². The van der Waals surface area contributed by atoms with Gasteiger partial charge >= 0.3 is 0 Å². The zero-order valence-electron chi connectivity index (χ0n) is 17.1. The Morgan fingerprint density at radius 3 is 2.63 bits per heavy atom. The van der Waals surface area contributed by atoms with Crippen LogP contribution in [0.25, 0.3) is 23.0 Å². The molecule has 4 aromatic rings. The molecule has 0 aliphatic carbocycles. The maximum Gasteiger partial charge on any atom is 0.278 e. The molecule has 3 heterocycles. The first-order valence-corrected chi connectivity index (χ1v) is 9.84. The van der Waals surface area contributed by atoms with Crippen LogP contribution in [0.4, 0.5) is 0 Å². The van der Waals surface area contributed by atoms with Crippen LogP contribution in [0.3, 0.4) is 0 Å². The summed E-state index contributed by atoms with van der Waals surface area (Å²) >= 11 is 0. The normalized spacial score (nSPS) is 15.8. The van der Waals surface area contributed by atoms with Crippen LogP contribution in [0.2, 0.25) is 0 Å². The lowest BCUT2D eigenvalue weighted by atomic mass is 10.1. The predicted molar refractivity (Wildman–Crippen MR) is 111 cm³/mol. The Balaban J connectivity index is 1.38. The smallest absolute Gasteiger partial charge is 0.278 e. The van der Waals surface area contributed by atoms with Crippen molar-refractivity contribution in [3.05, 3.63) is 70.9 Å². The van der Waals surface area contributed by atoms with Crippen LogP contribution in [-0.4, -0.2) is 27.0 Å². The number of nitrogens with zero attached hydrogens (tertiary/aromatic N) is 4. The standard InChI is InChI=1S/C23H22N4O3/c1-14-4-5-17(10-15(14)2)22-24-23(30-26-22)20-11-18-13-29-21(12-27(18)25-20)16-6-8-19(28-3)9-7-16/h4-11,21H,12-13H2,1-3H3. The quantitative estimate of drug-likeness (QED) is 0.500. The summed E-state index contributed by atoms with van der Waals surface area (Å²) in [4.78, 5) is 4.55. The summed E-state index contributed by atoms with van der Waals surface area (Å²) in [6, 6.07) is 16.0. The van der Waals surface area contributed by atoms with Crippen LogP contribution in [0.15, 0.2) is 53.1 Å². The molecule has 0 amide bonds. The summed E-state index contributed by atoms with van der Waals surface area (Å²) in [5.74, 6) is 1.80. The Morgan fingerprint density at radius 1 is 1.03 bits per heavy atom. The van der Waals surface area contributed by atoms with Gasteiger partial charge in [0, 0.05) is 5.56 Å². The van der Waals surface area contributed by atoms with E-state index in [-0.39, 0.29) is 6.10 Å². The first-order valence-electron chi connectivity index (χ1n) is 9.84. The third kappa shape index (κ3) is 3.37. The van der Waals surface area contributed by atoms with Crippen molar-refractivity contribution in [3.63, 3.8) is 0 Å². The van der Waals surface area contributed by atoms with Crippen molar-refractivity contribution in [2.45, 2.75) is 33.1 Å². The van der Waals surface area contributed by atoms with Crippen molar-refractivity contribution in [2.24, 2.45) is 0 Å². The maximum absolute atomic E-state index is 6.04. The van der Waals surface area contributed by atoms with Gasteiger partial charge in [0.2, 0.25) is 5.82 Å². The number of rotatable bonds is 4. The lowest BCUT2D eigenvalue weighted by Crippen LogP contribution is -2.21. The van der Waals surface area contributed by atoms with E-state index in [2.05, 4.69) is 41.2 Å². The molecule has 152 valence electrons. The van der Waals surface area contributed by atoms with Crippen molar-refractivity contribution in [1.29, 1.82) is 0 Å². The van der Waals surface area contributed by atoms with Crippen molar-refractivity contribution in [2.75, 3.05) is 7.11 Å². The molecule has 1 unspecified atom stereocenters. The number of aryl methyl sites for hydroxylation is 2. The first-order chi connectivity index (χ1) is 14.6. The van der Waals surface area contributed by atoms with E-state index >= 15 is 0 Å². The highest BCUT2D eigenvalue weighted by Crippen LogP contribution is 2.30. The zero-order chi connectivity index (χ0) is 20.7. The monoisotopic (exact) mass is 402 g/mol. The van der Waals surface area contributed by atoms with E-state index in [1.807, 2.05) is 41.1 Å². The highest BCUT2D eigenvalue weighted by Gasteiger charge is 2.24. The molecule has 0 saturated carbocycles. The van der Waals surface area contributed by atoms with E-state index in [0.29, 0.717) is 30.6 Å². The molecule has 7 nitrogen and oxygen atoms in total. The van der Waals surface area contributed by atoms with Crippen LogP contribution in [0.1, 0.15) is 28.5 Å². The van der Waals surface area contributed by atoms with Gasteiger partial charge in [0.25, 0.3) is 5.89 Å². The van der Waals surface area contributed by atoms with Gasteiger partial charge in [-0.2, -0.15) is 10.1 Å². The van der Waals surface area contributed by atoms with E-state index in [0.717, 1.165) is 22.6 Å². The summed E-state index contributed by atoms with van der Waals surface area (Å²) in [5, 5.41) is 8.83.